The predicted octanol–water partition coefficient (Wildman–Crippen LogP) is 2.38. The van der Waals surface area contributed by atoms with Crippen molar-refractivity contribution in [2.24, 2.45) is 5.73 Å². The first-order chi connectivity index (χ1) is 11.2. The molecule has 6 heteroatoms. The molecule has 23 heavy (non-hydrogen) atoms. The van der Waals surface area contributed by atoms with Crippen molar-refractivity contribution in [2.45, 2.75) is 32.4 Å². The average molecular weight is 330 g/mol. The maximum Gasteiger partial charge on any atom is 0.226 e. The van der Waals surface area contributed by atoms with Crippen molar-refractivity contribution in [3.63, 3.8) is 0 Å². The minimum atomic E-state index is 0.00249. The van der Waals surface area contributed by atoms with Gasteiger partial charge in [0.15, 0.2) is 5.13 Å². The smallest absolute Gasteiger partial charge is 0.226 e. The molecule has 0 unspecified atom stereocenters. The fraction of sp³-hybridized carbons (Fsp3) is 0.412. The van der Waals surface area contributed by atoms with Gasteiger partial charge in [-0.05, 0) is 18.5 Å². The summed E-state index contributed by atoms with van der Waals surface area (Å²) in [6.45, 7) is 3.40. The van der Waals surface area contributed by atoms with Crippen LogP contribution in [0, 0.1) is 0 Å². The normalized spacial score (nSPS) is 14.5. The summed E-state index contributed by atoms with van der Waals surface area (Å²) in [7, 11) is 0. The molecule has 0 spiro atoms. The number of benzene rings is 1. The van der Waals surface area contributed by atoms with Crippen LogP contribution in [0.4, 0.5) is 5.13 Å². The van der Waals surface area contributed by atoms with Crippen molar-refractivity contribution >= 4 is 22.4 Å². The second kappa shape index (κ2) is 7.68. The number of hydrogen-bond acceptors (Lipinski definition) is 5. The van der Waals surface area contributed by atoms with Crippen molar-refractivity contribution in [1.29, 1.82) is 0 Å². The SMILES string of the molecule is NCCCC(=O)Nc1nc2c(s1)CN(Cc1ccccc1)CC2. The highest BCUT2D eigenvalue weighted by Crippen LogP contribution is 2.29. The Balaban J connectivity index is 1.59. The first-order valence-corrected chi connectivity index (χ1v) is 8.81. The topological polar surface area (TPSA) is 71.2 Å². The highest BCUT2D eigenvalue weighted by Gasteiger charge is 2.21. The fourth-order valence-electron chi connectivity index (χ4n) is 2.72. The lowest BCUT2D eigenvalue weighted by molar-refractivity contribution is -0.116. The molecule has 0 fully saturated rings. The van der Waals surface area contributed by atoms with Crippen LogP contribution in [0.2, 0.25) is 0 Å². The maximum absolute atomic E-state index is 11.8. The van der Waals surface area contributed by atoms with E-state index < -0.39 is 0 Å². The number of rotatable bonds is 6. The van der Waals surface area contributed by atoms with E-state index in [-0.39, 0.29) is 5.91 Å². The summed E-state index contributed by atoms with van der Waals surface area (Å²) >= 11 is 1.60. The van der Waals surface area contributed by atoms with Gasteiger partial charge in [0, 0.05) is 37.4 Å². The zero-order valence-corrected chi connectivity index (χ0v) is 13.9. The van der Waals surface area contributed by atoms with Gasteiger partial charge in [-0.15, -0.1) is 11.3 Å². The third-order valence-corrected chi connectivity index (χ3v) is 4.91. The molecule has 0 saturated carbocycles. The van der Waals surface area contributed by atoms with Crippen LogP contribution in [0.25, 0.3) is 0 Å². The molecule has 3 N–H and O–H groups in total. The molecule has 0 atom stereocenters. The summed E-state index contributed by atoms with van der Waals surface area (Å²) in [5, 5.41) is 3.61. The summed E-state index contributed by atoms with van der Waals surface area (Å²) in [6, 6.07) is 10.5. The minimum absolute atomic E-state index is 0.00249. The van der Waals surface area contributed by atoms with Crippen molar-refractivity contribution in [3.05, 3.63) is 46.5 Å². The van der Waals surface area contributed by atoms with Crippen LogP contribution >= 0.6 is 11.3 Å². The van der Waals surface area contributed by atoms with Crippen molar-refractivity contribution in [3.8, 4) is 0 Å². The molecule has 122 valence electrons. The molecular weight excluding hydrogens is 308 g/mol. The van der Waals surface area contributed by atoms with E-state index in [0.717, 1.165) is 36.9 Å². The maximum atomic E-state index is 11.8. The number of fused-ring (bicyclic) bond motifs is 1. The molecule has 0 saturated heterocycles. The van der Waals surface area contributed by atoms with Gasteiger partial charge in [-0.25, -0.2) is 4.98 Å². The Kier molecular flexibility index (Phi) is 5.38. The second-order valence-electron chi connectivity index (χ2n) is 5.78. The molecule has 0 aliphatic carbocycles. The van der Waals surface area contributed by atoms with Crippen LogP contribution in [-0.2, 0) is 24.3 Å². The van der Waals surface area contributed by atoms with E-state index in [9.17, 15) is 4.79 Å². The van der Waals surface area contributed by atoms with E-state index in [1.165, 1.54) is 10.4 Å². The molecule has 1 aromatic carbocycles. The first kappa shape index (κ1) is 16.1. The van der Waals surface area contributed by atoms with Crippen LogP contribution in [0.5, 0.6) is 0 Å². The molecule has 1 aliphatic heterocycles. The zero-order valence-electron chi connectivity index (χ0n) is 13.1. The molecule has 1 aliphatic rings. The third kappa shape index (κ3) is 4.37. The molecule has 1 amide bonds. The van der Waals surface area contributed by atoms with Gasteiger partial charge in [0.25, 0.3) is 0 Å². The summed E-state index contributed by atoms with van der Waals surface area (Å²) in [5.41, 5.74) is 7.89. The van der Waals surface area contributed by atoms with Gasteiger partial charge in [0.1, 0.15) is 0 Å². The number of thiazole rings is 1. The van der Waals surface area contributed by atoms with Crippen molar-refractivity contribution in [2.75, 3.05) is 18.4 Å². The van der Waals surface area contributed by atoms with Gasteiger partial charge in [0.2, 0.25) is 5.91 Å². The molecular formula is C17H22N4OS. The number of aromatic nitrogens is 1. The lowest BCUT2D eigenvalue weighted by Crippen LogP contribution is -2.29. The Hall–Kier alpha value is -1.76. The summed E-state index contributed by atoms with van der Waals surface area (Å²) in [5.74, 6) is 0.00249. The Morgan fingerprint density at radius 3 is 2.96 bits per heavy atom. The molecule has 1 aromatic heterocycles. The Bertz CT molecular complexity index is 656. The van der Waals surface area contributed by atoms with Gasteiger partial charge >= 0.3 is 0 Å². The van der Waals surface area contributed by atoms with E-state index >= 15 is 0 Å². The highest BCUT2D eigenvalue weighted by molar-refractivity contribution is 7.15. The Labute approximate surface area is 140 Å². The lowest BCUT2D eigenvalue weighted by atomic mass is 10.1. The molecule has 2 heterocycles. The van der Waals surface area contributed by atoms with Gasteiger partial charge < -0.3 is 11.1 Å². The van der Waals surface area contributed by atoms with E-state index in [2.05, 4.69) is 39.5 Å². The van der Waals surface area contributed by atoms with Crippen molar-refractivity contribution < 1.29 is 4.79 Å². The van der Waals surface area contributed by atoms with E-state index in [0.29, 0.717) is 19.4 Å². The lowest BCUT2D eigenvalue weighted by Gasteiger charge is -2.25. The number of nitrogens with zero attached hydrogens (tertiary/aromatic N) is 2. The Morgan fingerprint density at radius 2 is 2.17 bits per heavy atom. The van der Waals surface area contributed by atoms with Gasteiger partial charge in [-0.2, -0.15) is 0 Å². The third-order valence-electron chi connectivity index (χ3n) is 3.91. The Morgan fingerprint density at radius 1 is 1.35 bits per heavy atom. The standard InChI is InChI=1S/C17H22N4OS/c18-9-4-7-16(22)20-17-19-14-8-10-21(12-15(14)23-17)11-13-5-2-1-3-6-13/h1-3,5-6H,4,7-12,18H2,(H,19,20,22). The summed E-state index contributed by atoms with van der Waals surface area (Å²) in [4.78, 5) is 20.0. The van der Waals surface area contributed by atoms with Crippen LogP contribution in [0.3, 0.4) is 0 Å². The number of nitrogens with one attached hydrogen (secondary N) is 1. The highest BCUT2D eigenvalue weighted by atomic mass is 32.1. The number of nitrogens with two attached hydrogens (primary N) is 1. The van der Waals surface area contributed by atoms with Crippen LogP contribution in [0.15, 0.2) is 30.3 Å². The number of carbonyl (C=O) groups excluding carboxylic acids is 1. The molecule has 0 bridgehead atoms. The summed E-state index contributed by atoms with van der Waals surface area (Å²) in [6.07, 6.45) is 2.11. The molecule has 3 rings (SSSR count). The number of hydrogen-bond donors (Lipinski definition) is 2. The predicted molar refractivity (Wildman–Crippen MR) is 93.3 cm³/mol. The minimum Gasteiger partial charge on any atom is -0.330 e. The van der Waals surface area contributed by atoms with Gasteiger partial charge in [-0.1, -0.05) is 30.3 Å². The number of anilines is 1. The molecule has 2 aromatic rings. The number of amides is 1. The van der Waals surface area contributed by atoms with Crippen LogP contribution in [0.1, 0.15) is 29.0 Å². The fourth-order valence-corrected chi connectivity index (χ4v) is 3.79. The quantitative estimate of drug-likeness (QED) is 0.853. The van der Waals surface area contributed by atoms with E-state index in [4.69, 9.17) is 5.73 Å². The van der Waals surface area contributed by atoms with Crippen LogP contribution < -0.4 is 11.1 Å². The van der Waals surface area contributed by atoms with Gasteiger partial charge in [-0.3, -0.25) is 9.69 Å². The molecule has 5 nitrogen and oxygen atoms in total. The van der Waals surface area contributed by atoms with Crippen LogP contribution in [-0.4, -0.2) is 28.9 Å². The van der Waals surface area contributed by atoms with Crippen molar-refractivity contribution in [1.82, 2.24) is 9.88 Å². The van der Waals surface area contributed by atoms with E-state index in [1.807, 2.05) is 6.07 Å². The average Bonchev–Trinajstić information content (AvgIpc) is 2.95. The van der Waals surface area contributed by atoms with Gasteiger partial charge in [0.05, 0.1) is 5.69 Å². The summed E-state index contributed by atoms with van der Waals surface area (Å²) < 4.78 is 0. The largest absolute Gasteiger partial charge is 0.330 e. The number of carbonyl (C=O) groups is 1. The van der Waals surface area contributed by atoms with E-state index in [1.54, 1.807) is 11.3 Å². The molecule has 0 radical (unpaired) electrons. The zero-order chi connectivity index (χ0) is 16.1. The monoisotopic (exact) mass is 330 g/mol. The first-order valence-electron chi connectivity index (χ1n) is 7.99. The second-order valence-corrected chi connectivity index (χ2v) is 6.86.